The third kappa shape index (κ3) is 24.4. The summed E-state index contributed by atoms with van der Waals surface area (Å²) < 4.78 is 5.04. The van der Waals surface area contributed by atoms with Crippen LogP contribution in [0.4, 0.5) is 0 Å². The molecule has 160 valence electrons. The number of allylic oxidation sites excluding steroid dienone is 9. The average Bonchev–Trinajstić information content (AvgIpc) is 2.64. The molecule has 0 saturated carbocycles. The van der Waals surface area contributed by atoms with E-state index in [9.17, 15) is 4.79 Å². The summed E-state index contributed by atoms with van der Waals surface area (Å²) in [6.45, 7) is 3.41. The Morgan fingerprint density at radius 3 is 1.93 bits per heavy atom. The fourth-order valence-corrected chi connectivity index (χ4v) is 2.29. The van der Waals surface area contributed by atoms with Crippen LogP contribution in [0.5, 0.6) is 0 Å². The topological polar surface area (TPSA) is 29.5 Å². The molecule has 0 spiro atoms. The normalized spacial score (nSPS) is 12.3. The highest BCUT2D eigenvalue weighted by Crippen LogP contribution is 2.08. The summed E-state index contributed by atoms with van der Waals surface area (Å²) in [5.74, 6) is -0.309. The molecule has 3 nitrogen and oxygen atoms in total. The third-order valence-electron chi connectivity index (χ3n) is 3.90. The molecule has 0 aromatic carbocycles. The van der Waals surface area contributed by atoms with Crippen molar-refractivity contribution in [2.45, 2.75) is 58.3 Å². The second kappa shape index (κ2) is 23.5. The van der Waals surface area contributed by atoms with Gasteiger partial charge >= 0.3 is 5.97 Å². The first-order chi connectivity index (χ1) is 13.2. The fraction of sp³-hybridized carbons (Fsp3) is 0.542. The second-order valence-corrected chi connectivity index (χ2v) is 6.82. The molecule has 0 amide bonds. The number of hydrogen-bond donors (Lipinski definition) is 0. The summed E-state index contributed by atoms with van der Waals surface area (Å²) in [7, 11) is 3.89. The minimum Gasteiger partial charge on any atom is -0.461 e. The van der Waals surface area contributed by atoms with Gasteiger partial charge in [-0.05, 0) is 26.9 Å². The SMILES string of the molecule is CCCCCCCCCC=CC=CC=CC=CC=CC(=O)OCCN(C)C.Cl. The zero-order valence-electron chi connectivity index (χ0n) is 18.0. The highest BCUT2D eigenvalue weighted by atomic mass is 35.5. The van der Waals surface area contributed by atoms with Crippen LogP contribution in [0.2, 0.25) is 0 Å². The van der Waals surface area contributed by atoms with Gasteiger partial charge in [-0.3, -0.25) is 0 Å². The lowest BCUT2D eigenvalue weighted by molar-refractivity contribution is -0.138. The molecule has 0 radical (unpaired) electrons. The Morgan fingerprint density at radius 2 is 1.32 bits per heavy atom. The van der Waals surface area contributed by atoms with E-state index in [0.29, 0.717) is 6.61 Å². The molecule has 0 aromatic heterocycles. The standard InChI is InChI=1S/C24H39NO2.ClH/c1-4-5-6-7-8-9-10-11-12-13-14-15-16-17-18-19-20-21-24(26)27-23-22-25(2)3;/h12-21H,4-11,22-23H2,1-3H3;1H. The minimum atomic E-state index is -0.309. The molecule has 0 fully saturated rings. The lowest BCUT2D eigenvalue weighted by atomic mass is 10.1. The summed E-state index contributed by atoms with van der Waals surface area (Å²) in [5, 5.41) is 0. The van der Waals surface area contributed by atoms with Crippen molar-refractivity contribution in [3.05, 3.63) is 60.8 Å². The Bertz CT molecular complexity index is 491. The van der Waals surface area contributed by atoms with Crippen LogP contribution < -0.4 is 0 Å². The predicted octanol–water partition coefficient (Wildman–Crippen LogP) is 6.43. The highest BCUT2D eigenvalue weighted by Gasteiger charge is 1.95. The van der Waals surface area contributed by atoms with Crippen molar-refractivity contribution in [1.82, 2.24) is 4.90 Å². The minimum absolute atomic E-state index is 0. The van der Waals surface area contributed by atoms with Crippen LogP contribution in [-0.2, 0) is 9.53 Å². The first kappa shape index (κ1) is 28.6. The van der Waals surface area contributed by atoms with E-state index in [2.05, 4.69) is 19.1 Å². The van der Waals surface area contributed by atoms with Crippen LogP contribution in [0, 0.1) is 0 Å². The third-order valence-corrected chi connectivity index (χ3v) is 3.90. The van der Waals surface area contributed by atoms with E-state index in [1.54, 1.807) is 6.08 Å². The number of carbonyl (C=O) groups is 1. The zero-order valence-corrected chi connectivity index (χ0v) is 18.8. The number of esters is 1. The molecule has 0 saturated heterocycles. The Labute approximate surface area is 179 Å². The summed E-state index contributed by atoms with van der Waals surface area (Å²) in [6, 6.07) is 0. The Hall–Kier alpha value is -1.58. The predicted molar refractivity (Wildman–Crippen MR) is 125 cm³/mol. The molecule has 0 aliphatic heterocycles. The highest BCUT2D eigenvalue weighted by molar-refractivity contribution is 5.85. The van der Waals surface area contributed by atoms with Crippen LogP contribution in [-0.4, -0.2) is 38.1 Å². The molecule has 28 heavy (non-hydrogen) atoms. The van der Waals surface area contributed by atoms with Crippen molar-refractivity contribution in [3.63, 3.8) is 0 Å². The lowest BCUT2D eigenvalue weighted by Crippen LogP contribution is -2.19. The zero-order chi connectivity index (χ0) is 20.0. The average molecular weight is 410 g/mol. The van der Waals surface area contributed by atoms with Gasteiger partial charge in [0.25, 0.3) is 0 Å². The van der Waals surface area contributed by atoms with E-state index in [4.69, 9.17) is 4.74 Å². The van der Waals surface area contributed by atoms with Gasteiger partial charge in [0, 0.05) is 12.6 Å². The Balaban J connectivity index is 0. The van der Waals surface area contributed by atoms with Gasteiger partial charge in [-0.25, -0.2) is 4.79 Å². The van der Waals surface area contributed by atoms with Crippen molar-refractivity contribution in [3.8, 4) is 0 Å². The van der Waals surface area contributed by atoms with Crippen molar-refractivity contribution < 1.29 is 9.53 Å². The molecule has 0 aliphatic carbocycles. The number of unbranched alkanes of at least 4 members (excludes halogenated alkanes) is 7. The monoisotopic (exact) mass is 409 g/mol. The van der Waals surface area contributed by atoms with E-state index in [1.807, 2.05) is 55.5 Å². The van der Waals surface area contributed by atoms with Gasteiger partial charge in [-0.2, -0.15) is 0 Å². The van der Waals surface area contributed by atoms with E-state index < -0.39 is 0 Å². The van der Waals surface area contributed by atoms with Gasteiger partial charge in [0.2, 0.25) is 0 Å². The van der Waals surface area contributed by atoms with Gasteiger partial charge in [0.15, 0.2) is 0 Å². The molecule has 0 bridgehead atoms. The van der Waals surface area contributed by atoms with Crippen LogP contribution in [0.3, 0.4) is 0 Å². The maximum absolute atomic E-state index is 11.4. The van der Waals surface area contributed by atoms with Crippen molar-refractivity contribution >= 4 is 18.4 Å². The van der Waals surface area contributed by atoms with E-state index in [-0.39, 0.29) is 18.4 Å². The van der Waals surface area contributed by atoms with E-state index in [0.717, 1.165) is 13.0 Å². The largest absolute Gasteiger partial charge is 0.461 e. The van der Waals surface area contributed by atoms with Crippen LogP contribution in [0.25, 0.3) is 0 Å². The maximum atomic E-state index is 11.4. The van der Waals surface area contributed by atoms with Crippen LogP contribution in [0.1, 0.15) is 58.3 Å². The van der Waals surface area contributed by atoms with Crippen LogP contribution in [0.15, 0.2) is 60.8 Å². The van der Waals surface area contributed by atoms with Gasteiger partial charge in [0.05, 0.1) is 0 Å². The molecule has 0 N–H and O–H groups in total. The molecule has 0 rings (SSSR count). The maximum Gasteiger partial charge on any atom is 0.330 e. The molecular weight excluding hydrogens is 370 g/mol. The van der Waals surface area contributed by atoms with Gasteiger partial charge in [0.1, 0.15) is 6.61 Å². The molecule has 0 unspecified atom stereocenters. The molecule has 0 heterocycles. The van der Waals surface area contributed by atoms with Gasteiger partial charge in [-0.1, -0.05) is 100 Å². The van der Waals surface area contributed by atoms with Gasteiger partial charge in [-0.15, -0.1) is 12.4 Å². The van der Waals surface area contributed by atoms with Crippen molar-refractivity contribution in [2.24, 2.45) is 0 Å². The quantitative estimate of drug-likeness (QED) is 0.127. The number of ether oxygens (including phenoxy) is 1. The van der Waals surface area contributed by atoms with E-state index in [1.165, 1.54) is 51.0 Å². The van der Waals surface area contributed by atoms with Crippen molar-refractivity contribution in [1.29, 1.82) is 0 Å². The lowest BCUT2D eigenvalue weighted by Gasteiger charge is -2.08. The molecule has 4 heteroatoms. The molecule has 0 aromatic rings. The van der Waals surface area contributed by atoms with E-state index >= 15 is 0 Å². The first-order valence-electron chi connectivity index (χ1n) is 10.3. The number of rotatable bonds is 16. The summed E-state index contributed by atoms with van der Waals surface area (Å²) >= 11 is 0. The number of nitrogens with zero attached hydrogens (tertiary/aromatic N) is 1. The number of hydrogen-bond acceptors (Lipinski definition) is 3. The van der Waals surface area contributed by atoms with Gasteiger partial charge < -0.3 is 9.64 Å². The first-order valence-corrected chi connectivity index (χ1v) is 10.3. The summed E-state index contributed by atoms with van der Waals surface area (Å²) in [4.78, 5) is 13.4. The summed E-state index contributed by atoms with van der Waals surface area (Å²) in [6.07, 6.45) is 29.8. The number of likely N-dealkylation sites (N-methyl/N-ethyl adjacent to an activating group) is 1. The molecule has 0 aliphatic rings. The molecular formula is C24H40ClNO2. The Kier molecular flexibility index (Phi) is 24.0. The fourth-order valence-electron chi connectivity index (χ4n) is 2.29. The number of halogens is 1. The smallest absolute Gasteiger partial charge is 0.330 e. The Morgan fingerprint density at radius 1 is 0.786 bits per heavy atom. The second-order valence-electron chi connectivity index (χ2n) is 6.82. The summed E-state index contributed by atoms with van der Waals surface area (Å²) in [5.41, 5.74) is 0. The van der Waals surface area contributed by atoms with Crippen LogP contribution >= 0.6 is 12.4 Å². The number of carbonyl (C=O) groups excluding carboxylic acids is 1. The van der Waals surface area contributed by atoms with Crippen molar-refractivity contribution in [2.75, 3.05) is 27.2 Å². The molecule has 0 atom stereocenters.